The summed E-state index contributed by atoms with van der Waals surface area (Å²) in [6.45, 7) is 7.90. The third kappa shape index (κ3) is 3.74. The molecule has 8 heteroatoms. The Hall–Kier alpha value is -2.19. The number of hydrogen-bond acceptors (Lipinski definition) is 5. The standard InChI is InChI=1S/C17H25N5O3/c1-3-17(2,20-8-10-25-11-9-20)13-18-15(23)12-22-16(24)21-7-5-4-6-14(21)19-22/h4-7H,3,8-13H2,1-2H3,(H,18,23)/t17-/m1/s1. The van der Waals surface area contributed by atoms with Gasteiger partial charge in [-0.1, -0.05) is 13.0 Å². The van der Waals surface area contributed by atoms with Crippen molar-refractivity contribution >= 4 is 11.6 Å². The molecule has 0 saturated carbocycles. The fourth-order valence-electron chi connectivity index (χ4n) is 3.12. The van der Waals surface area contributed by atoms with Crippen LogP contribution in [0.3, 0.4) is 0 Å². The zero-order valence-corrected chi connectivity index (χ0v) is 14.8. The third-order valence-electron chi connectivity index (χ3n) is 4.98. The first-order chi connectivity index (χ1) is 12.0. The molecule has 0 spiro atoms. The first-order valence-corrected chi connectivity index (χ1v) is 8.67. The molecule has 1 fully saturated rings. The Bertz CT molecular complexity index is 793. The minimum Gasteiger partial charge on any atom is -0.379 e. The van der Waals surface area contributed by atoms with Crippen LogP contribution in [0.1, 0.15) is 20.3 Å². The van der Waals surface area contributed by atoms with E-state index in [0.717, 1.165) is 32.7 Å². The summed E-state index contributed by atoms with van der Waals surface area (Å²) in [6, 6.07) is 5.30. The molecule has 0 radical (unpaired) electrons. The molecule has 1 N–H and O–H groups in total. The van der Waals surface area contributed by atoms with Crippen LogP contribution < -0.4 is 11.0 Å². The van der Waals surface area contributed by atoms with E-state index in [1.165, 1.54) is 9.08 Å². The average Bonchev–Trinajstić information content (AvgIpc) is 2.96. The van der Waals surface area contributed by atoms with Crippen molar-refractivity contribution in [3.05, 3.63) is 34.9 Å². The number of nitrogens with one attached hydrogen (secondary N) is 1. The van der Waals surface area contributed by atoms with E-state index in [9.17, 15) is 9.59 Å². The minimum atomic E-state index is -0.308. The van der Waals surface area contributed by atoms with Crippen molar-refractivity contribution in [2.24, 2.45) is 0 Å². The van der Waals surface area contributed by atoms with E-state index in [-0.39, 0.29) is 23.7 Å². The predicted molar refractivity (Wildman–Crippen MR) is 93.5 cm³/mol. The zero-order valence-electron chi connectivity index (χ0n) is 14.8. The van der Waals surface area contributed by atoms with Gasteiger partial charge < -0.3 is 10.1 Å². The van der Waals surface area contributed by atoms with Gasteiger partial charge in [0.05, 0.1) is 13.2 Å². The highest BCUT2D eigenvalue weighted by Crippen LogP contribution is 2.19. The Morgan fingerprint density at radius 2 is 2.12 bits per heavy atom. The number of nitrogens with zero attached hydrogens (tertiary/aromatic N) is 4. The van der Waals surface area contributed by atoms with Crippen LogP contribution in [0.4, 0.5) is 0 Å². The molecule has 3 heterocycles. The molecule has 1 amide bonds. The van der Waals surface area contributed by atoms with Gasteiger partial charge in [0.15, 0.2) is 5.65 Å². The molecule has 3 rings (SSSR count). The maximum Gasteiger partial charge on any atom is 0.350 e. The summed E-state index contributed by atoms with van der Waals surface area (Å²) in [5.74, 6) is -0.210. The topological polar surface area (TPSA) is 80.9 Å². The molecular weight excluding hydrogens is 322 g/mol. The number of amides is 1. The number of carbonyl (C=O) groups excluding carboxylic acids is 1. The molecule has 1 saturated heterocycles. The van der Waals surface area contributed by atoms with E-state index in [4.69, 9.17) is 4.74 Å². The Labute approximate surface area is 146 Å². The highest BCUT2D eigenvalue weighted by molar-refractivity contribution is 5.75. The van der Waals surface area contributed by atoms with Gasteiger partial charge in [0.1, 0.15) is 6.54 Å². The van der Waals surface area contributed by atoms with E-state index in [0.29, 0.717) is 12.2 Å². The molecule has 2 aromatic heterocycles. The summed E-state index contributed by atoms with van der Waals surface area (Å²) in [5, 5.41) is 7.15. The SMILES string of the molecule is CC[C@](C)(CNC(=O)Cn1nc2ccccn2c1=O)N1CCOCC1. The smallest absolute Gasteiger partial charge is 0.350 e. The maximum atomic E-state index is 12.3. The van der Waals surface area contributed by atoms with Crippen LogP contribution in [0, 0.1) is 0 Å². The van der Waals surface area contributed by atoms with E-state index in [1.54, 1.807) is 24.4 Å². The van der Waals surface area contributed by atoms with Gasteiger partial charge in [-0.05, 0) is 25.5 Å². The fourth-order valence-corrected chi connectivity index (χ4v) is 3.12. The lowest BCUT2D eigenvalue weighted by Crippen LogP contribution is -2.57. The summed E-state index contributed by atoms with van der Waals surface area (Å²) >= 11 is 0. The summed E-state index contributed by atoms with van der Waals surface area (Å²) in [5.41, 5.74) is 0.104. The number of rotatable bonds is 6. The fraction of sp³-hybridized carbons (Fsp3) is 0.588. The Morgan fingerprint density at radius 3 is 2.80 bits per heavy atom. The van der Waals surface area contributed by atoms with E-state index in [2.05, 4.69) is 29.2 Å². The number of pyridine rings is 1. The second-order valence-electron chi connectivity index (χ2n) is 6.60. The molecule has 0 aromatic carbocycles. The molecule has 136 valence electrons. The van der Waals surface area contributed by atoms with Crippen LogP contribution in [0.15, 0.2) is 29.2 Å². The van der Waals surface area contributed by atoms with E-state index >= 15 is 0 Å². The lowest BCUT2D eigenvalue weighted by atomic mass is 9.95. The summed E-state index contributed by atoms with van der Waals surface area (Å²) < 4.78 is 8.03. The lowest BCUT2D eigenvalue weighted by molar-refractivity contribution is -0.122. The molecule has 8 nitrogen and oxygen atoms in total. The normalized spacial score (nSPS) is 18.2. The van der Waals surface area contributed by atoms with E-state index < -0.39 is 0 Å². The largest absolute Gasteiger partial charge is 0.379 e. The van der Waals surface area contributed by atoms with Gasteiger partial charge >= 0.3 is 5.69 Å². The number of ether oxygens (including phenoxy) is 1. The van der Waals surface area contributed by atoms with Crippen LogP contribution in [0.5, 0.6) is 0 Å². The molecule has 1 aliphatic rings. The Balaban J connectivity index is 1.63. The first-order valence-electron chi connectivity index (χ1n) is 8.67. The minimum absolute atomic E-state index is 0.0799. The van der Waals surface area contributed by atoms with Crippen LogP contribution in [0.2, 0.25) is 0 Å². The van der Waals surface area contributed by atoms with Gasteiger partial charge in [-0.3, -0.25) is 14.1 Å². The quantitative estimate of drug-likeness (QED) is 0.802. The number of fused-ring (bicyclic) bond motifs is 1. The van der Waals surface area contributed by atoms with Crippen molar-refractivity contribution in [1.29, 1.82) is 0 Å². The number of morpholine rings is 1. The van der Waals surface area contributed by atoms with Crippen LogP contribution in [0.25, 0.3) is 5.65 Å². The molecule has 0 unspecified atom stereocenters. The predicted octanol–water partition coefficient (Wildman–Crippen LogP) is 0.113. The highest BCUT2D eigenvalue weighted by atomic mass is 16.5. The van der Waals surface area contributed by atoms with Crippen molar-refractivity contribution in [1.82, 2.24) is 24.4 Å². The summed E-state index contributed by atoms with van der Waals surface area (Å²) in [7, 11) is 0. The molecule has 25 heavy (non-hydrogen) atoms. The molecule has 1 aliphatic heterocycles. The van der Waals surface area contributed by atoms with Crippen molar-refractivity contribution in [2.75, 3.05) is 32.8 Å². The molecular formula is C17H25N5O3. The van der Waals surface area contributed by atoms with Crippen molar-refractivity contribution in [3.63, 3.8) is 0 Å². The summed E-state index contributed by atoms with van der Waals surface area (Å²) in [4.78, 5) is 26.9. The second kappa shape index (κ2) is 7.37. The van der Waals surface area contributed by atoms with Crippen LogP contribution in [-0.4, -0.2) is 63.4 Å². The number of aromatic nitrogens is 3. The Morgan fingerprint density at radius 1 is 1.36 bits per heavy atom. The van der Waals surface area contributed by atoms with Gasteiger partial charge in [-0.15, -0.1) is 5.10 Å². The number of hydrogen-bond donors (Lipinski definition) is 1. The van der Waals surface area contributed by atoms with Gasteiger partial charge in [-0.2, -0.15) is 0 Å². The zero-order chi connectivity index (χ0) is 17.9. The first kappa shape index (κ1) is 17.6. The monoisotopic (exact) mass is 347 g/mol. The lowest BCUT2D eigenvalue weighted by Gasteiger charge is -2.43. The van der Waals surface area contributed by atoms with Crippen molar-refractivity contribution in [2.45, 2.75) is 32.4 Å². The summed E-state index contributed by atoms with van der Waals surface area (Å²) in [6.07, 6.45) is 2.56. The molecule has 1 atom stereocenters. The molecule has 0 bridgehead atoms. The molecule has 0 aliphatic carbocycles. The van der Waals surface area contributed by atoms with Crippen LogP contribution in [-0.2, 0) is 16.1 Å². The third-order valence-corrected chi connectivity index (χ3v) is 4.98. The van der Waals surface area contributed by atoms with Gasteiger partial charge in [0.25, 0.3) is 0 Å². The van der Waals surface area contributed by atoms with Crippen LogP contribution >= 0.6 is 0 Å². The molecule has 2 aromatic rings. The van der Waals surface area contributed by atoms with Gasteiger partial charge in [0.2, 0.25) is 5.91 Å². The van der Waals surface area contributed by atoms with Crippen molar-refractivity contribution in [3.8, 4) is 0 Å². The van der Waals surface area contributed by atoms with Gasteiger partial charge in [0, 0.05) is 31.4 Å². The number of carbonyl (C=O) groups is 1. The van der Waals surface area contributed by atoms with Crippen molar-refractivity contribution < 1.29 is 9.53 Å². The maximum absolute atomic E-state index is 12.3. The highest BCUT2D eigenvalue weighted by Gasteiger charge is 2.31. The average molecular weight is 347 g/mol. The second-order valence-corrected chi connectivity index (χ2v) is 6.60. The van der Waals surface area contributed by atoms with E-state index in [1.807, 2.05) is 0 Å². The Kier molecular flexibility index (Phi) is 5.19. The van der Waals surface area contributed by atoms with Gasteiger partial charge in [-0.25, -0.2) is 9.48 Å².